The summed E-state index contributed by atoms with van der Waals surface area (Å²) in [4.78, 5) is 16.0. The molecule has 0 saturated heterocycles. The number of aromatic nitrogens is 2. The third-order valence-electron chi connectivity index (χ3n) is 4.00. The van der Waals surface area contributed by atoms with Gasteiger partial charge in [-0.2, -0.15) is 8.42 Å². The van der Waals surface area contributed by atoms with E-state index < -0.39 is 20.8 Å². The van der Waals surface area contributed by atoms with Gasteiger partial charge in [0, 0.05) is 6.54 Å². The summed E-state index contributed by atoms with van der Waals surface area (Å²) in [6, 6.07) is 0. The Morgan fingerprint density at radius 2 is 2.23 bits per heavy atom. The average Bonchev–Trinajstić information content (AvgIpc) is 3.22. The molecule has 2 atom stereocenters. The predicted octanol–water partition coefficient (Wildman–Crippen LogP) is -1.69. The van der Waals surface area contributed by atoms with Crippen molar-refractivity contribution in [3.63, 3.8) is 0 Å². The van der Waals surface area contributed by atoms with Crippen LogP contribution in [-0.4, -0.2) is 52.5 Å². The maximum atomic E-state index is 11.8. The van der Waals surface area contributed by atoms with Crippen molar-refractivity contribution in [2.24, 2.45) is 5.92 Å². The number of nitrogens with zero attached hydrogens (tertiary/aromatic N) is 1. The smallest absolute Gasteiger partial charge is 0.310 e. The fourth-order valence-electron chi connectivity index (χ4n) is 2.85. The predicted molar refractivity (Wildman–Crippen MR) is 75.2 cm³/mol. The zero-order chi connectivity index (χ0) is 16.0. The number of H-pyrrole nitrogens is 1. The number of fused-ring (bicyclic) bond motifs is 1. The first-order chi connectivity index (χ1) is 10.4. The number of hydrogen-bond donors (Lipinski definition) is 6. The average molecular weight is 331 g/mol. The van der Waals surface area contributed by atoms with Gasteiger partial charge in [-0.15, -0.1) is 0 Å². The van der Waals surface area contributed by atoms with Gasteiger partial charge in [0.2, 0.25) is 0 Å². The number of aldehydes is 1. The molecule has 1 aromatic rings. The lowest BCUT2D eigenvalue weighted by Gasteiger charge is -2.45. The summed E-state index contributed by atoms with van der Waals surface area (Å²) in [6.07, 6.45) is 3.05. The molecule has 1 saturated carbocycles. The second-order valence-corrected chi connectivity index (χ2v) is 7.03. The molecule has 0 spiro atoms. The first kappa shape index (κ1) is 15.4. The number of imidazole rings is 1. The van der Waals surface area contributed by atoms with Crippen LogP contribution in [0.3, 0.4) is 0 Å². The van der Waals surface area contributed by atoms with E-state index in [1.54, 1.807) is 0 Å². The molecule has 11 heteroatoms. The van der Waals surface area contributed by atoms with Crippen molar-refractivity contribution in [1.82, 2.24) is 20.6 Å². The fourth-order valence-corrected chi connectivity index (χ4v) is 3.49. The highest BCUT2D eigenvalue weighted by Crippen LogP contribution is 2.48. The Balaban J connectivity index is 2.15. The summed E-state index contributed by atoms with van der Waals surface area (Å²) in [7, 11) is -4.81. The normalized spacial score (nSPS) is 31.4. The molecule has 1 fully saturated rings. The van der Waals surface area contributed by atoms with Crippen LogP contribution in [0.1, 0.15) is 18.5 Å². The number of aliphatic hydroxyl groups is 1. The lowest BCUT2D eigenvalue weighted by Crippen LogP contribution is -2.73. The number of carbonyl (C=O) groups is 1. The Morgan fingerprint density at radius 1 is 1.50 bits per heavy atom. The molecular formula is C11H17N5O5S. The summed E-state index contributed by atoms with van der Waals surface area (Å²) in [5, 5.41) is 17.3. The van der Waals surface area contributed by atoms with E-state index in [-0.39, 0.29) is 31.2 Å². The second kappa shape index (κ2) is 4.99. The topological polar surface area (TPSA) is 156 Å². The van der Waals surface area contributed by atoms with Gasteiger partial charge in [0.15, 0.2) is 12.1 Å². The van der Waals surface area contributed by atoms with Crippen molar-refractivity contribution in [2.45, 2.75) is 23.5 Å². The number of aromatic amines is 1. The van der Waals surface area contributed by atoms with Crippen molar-refractivity contribution in [3.8, 4) is 0 Å². The zero-order valence-corrected chi connectivity index (χ0v) is 12.4. The third kappa shape index (κ3) is 2.13. The van der Waals surface area contributed by atoms with Crippen molar-refractivity contribution >= 4 is 22.2 Å². The minimum Gasteiger partial charge on any atom is -0.395 e. The van der Waals surface area contributed by atoms with Gasteiger partial charge in [0.25, 0.3) is 4.99 Å². The van der Waals surface area contributed by atoms with Crippen molar-refractivity contribution < 1.29 is 22.9 Å². The van der Waals surface area contributed by atoms with E-state index in [0.29, 0.717) is 5.69 Å². The van der Waals surface area contributed by atoms with E-state index in [1.807, 2.05) is 0 Å². The van der Waals surface area contributed by atoms with Crippen molar-refractivity contribution in [3.05, 3.63) is 12.0 Å². The SMILES string of the molecule is O=CC1(S(=O)(=O)O)Nc2nc[nH]c2C(NCCO)(C2CC2)N1. The summed E-state index contributed by atoms with van der Waals surface area (Å²) in [6.45, 7) is -0.00458. The molecule has 6 N–H and O–H groups in total. The Bertz CT molecular complexity index is 687. The summed E-state index contributed by atoms with van der Waals surface area (Å²) < 4.78 is 33.0. The molecule has 0 bridgehead atoms. The molecular weight excluding hydrogens is 314 g/mol. The van der Waals surface area contributed by atoms with Crippen LogP contribution in [0, 0.1) is 5.92 Å². The fraction of sp³-hybridized carbons (Fsp3) is 0.636. The molecule has 0 radical (unpaired) electrons. The van der Waals surface area contributed by atoms with Gasteiger partial charge in [-0.1, -0.05) is 0 Å². The highest BCUT2D eigenvalue weighted by atomic mass is 32.2. The van der Waals surface area contributed by atoms with E-state index >= 15 is 0 Å². The van der Waals surface area contributed by atoms with Gasteiger partial charge in [-0.3, -0.25) is 14.7 Å². The summed E-state index contributed by atoms with van der Waals surface area (Å²) >= 11 is 0. The monoisotopic (exact) mass is 331 g/mol. The van der Waals surface area contributed by atoms with Crippen LogP contribution in [0.4, 0.5) is 5.82 Å². The Morgan fingerprint density at radius 3 is 2.77 bits per heavy atom. The molecule has 10 nitrogen and oxygen atoms in total. The van der Waals surface area contributed by atoms with Crippen LogP contribution < -0.4 is 16.0 Å². The highest BCUT2D eigenvalue weighted by Gasteiger charge is 2.60. The van der Waals surface area contributed by atoms with Crippen LogP contribution in [0.15, 0.2) is 6.33 Å². The third-order valence-corrected chi connectivity index (χ3v) is 5.11. The molecule has 122 valence electrons. The molecule has 22 heavy (non-hydrogen) atoms. The number of aliphatic hydroxyl groups excluding tert-OH is 1. The molecule has 2 heterocycles. The number of carbonyl (C=O) groups excluding carboxylic acids is 1. The van der Waals surface area contributed by atoms with Crippen molar-refractivity contribution in [1.29, 1.82) is 0 Å². The molecule has 1 aromatic heterocycles. The van der Waals surface area contributed by atoms with Gasteiger partial charge < -0.3 is 15.4 Å². The number of anilines is 1. The van der Waals surface area contributed by atoms with Crippen LogP contribution in [0.25, 0.3) is 0 Å². The van der Waals surface area contributed by atoms with Gasteiger partial charge in [-0.25, -0.2) is 10.3 Å². The summed E-state index contributed by atoms with van der Waals surface area (Å²) in [5.74, 6) is 0.141. The van der Waals surface area contributed by atoms with Gasteiger partial charge >= 0.3 is 10.1 Å². The van der Waals surface area contributed by atoms with E-state index in [0.717, 1.165) is 12.8 Å². The Kier molecular flexibility index (Phi) is 3.49. The first-order valence-electron chi connectivity index (χ1n) is 6.79. The number of nitrogens with one attached hydrogen (secondary N) is 4. The standard InChI is InChI=1S/C11H17N5O5S/c17-4-3-14-11(7-1-2-7)8-9(13-6-12-8)15-10(5-18,16-11)22(19,20)21/h5-7,14-17H,1-4H2,(H,12,13)(H,19,20,21). The number of hydrogen-bond acceptors (Lipinski definition) is 8. The van der Waals surface area contributed by atoms with Crippen molar-refractivity contribution in [2.75, 3.05) is 18.5 Å². The quantitative estimate of drug-likeness (QED) is 0.264. The largest absolute Gasteiger partial charge is 0.395 e. The highest BCUT2D eigenvalue weighted by molar-refractivity contribution is 7.88. The molecule has 2 unspecified atom stereocenters. The lowest BCUT2D eigenvalue weighted by atomic mass is 9.96. The molecule has 1 aliphatic carbocycles. The van der Waals surface area contributed by atoms with Gasteiger partial charge in [0.1, 0.15) is 5.66 Å². The molecule has 0 aromatic carbocycles. The first-order valence-corrected chi connectivity index (χ1v) is 8.23. The van der Waals surface area contributed by atoms with Crippen LogP contribution >= 0.6 is 0 Å². The van der Waals surface area contributed by atoms with Crippen LogP contribution in [0.2, 0.25) is 0 Å². The van der Waals surface area contributed by atoms with Gasteiger partial charge in [0.05, 0.1) is 18.6 Å². The second-order valence-electron chi connectivity index (χ2n) is 5.44. The maximum Gasteiger partial charge on any atom is 0.310 e. The minimum atomic E-state index is -4.81. The minimum absolute atomic E-state index is 0.0126. The van der Waals surface area contributed by atoms with Crippen LogP contribution in [0.5, 0.6) is 0 Å². The number of rotatable bonds is 6. The summed E-state index contributed by atoms with van der Waals surface area (Å²) in [5.41, 5.74) is -0.583. The van der Waals surface area contributed by atoms with Gasteiger partial charge in [-0.05, 0) is 18.8 Å². The molecule has 1 aliphatic heterocycles. The zero-order valence-electron chi connectivity index (χ0n) is 11.5. The molecule has 3 rings (SSSR count). The van der Waals surface area contributed by atoms with E-state index in [1.165, 1.54) is 6.33 Å². The Hall–Kier alpha value is -1.53. The molecule has 0 amide bonds. The maximum absolute atomic E-state index is 11.8. The molecule has 2 aliphatic rings. The Labute approximate surface area is 126 Å². The van der Waals surface area contributed by atoms with Crippen LogP contribution in [-0.2, 0) is 20.6 Å². The lowest BCUT2D eigenvalue weighted by molar-refractivity contribution is -0.111. The van der Waals surface area contributed by atoms with E-state index in [9.17, 15) is 17.8 Å². The van der Waals surface area contributed by atoms with E-state index in [4.69, 9.17) is 5.11 Å². The van der Waals surface area contributed by atoms with E-state index in [2.05, 4.69) is 25.9 Å².